The maximum Gasteiger partial charge on any atom is 0.308 e. The van der Waals surface area contributed by atoms with Gasteiger partial charge in [0.15, 0.2) is 0 Å². The second-order valence-corrected chi connectivity index (χ2v) is 4.73. The van der Waals surface area contributed by atoms with E-state index in [1.54, 1.807) is 13.0 Å². The van der Waals surface area contributed by atoms with Gasteiger partial charge in [-0.2, -0.15) is 0 Å². The molecule has 98 valence electrons. The van der Waals surface area contributed by atoms with E-state index in [0.717, 1.165) is 0 Å². The summed E-state index contributed by atoms with van der Waals surface area (Å²) in [5, 5.41) is 20.9. The number of carboxylic acid groups (broad SMARTS) is 1. The van der Waals surface area contributed by atoms with Gasteiger partial charge in [-0.3, -0.25) is 9.59 Å². The normalized spacial score (nSPS) is 11.9. The number of phenols is 1. The quantitative estimate of drug-likeness (QED) is 0.775. The molecule has 0 aliphatic carbocycles. The number of phenolic OH excluding ortho intramolecular Hbond substituents is 1. The molecule has 0 spiro atoms. The number of benzene rings is 1. The van der Waals surface area contributed by atoms with Gasteiger partial charge in [-0.15, -0.1) is 0 Å². The zero-order valence-electron chi connectivity index (χ0n) is 9.81. The van der Waals surface area contributed by atoms with Crippen LogP contribution in [-0.2, 0) is 4.79 Å². The number of carboxylic acids is 1. The topological polar surface area (TPSA) is 86.6 Å². The number of aliphatic carboxylic acids is 1. The summed E-state index contributed by atoms with van der Waals surface area (Å²) >= 11 is 3.17. The highest BCUT2D eigenvalue weighted by Gasteiger charge is 2.17. The Morgan fingerprint density at radius 2 is 2.11 bits per heavy atom. The first kappa shape index (κ1) is 14.5. The highest BCUT2D eigenvalue weighted by atomic mass is 79.9. The Morgan fingerprint density at radius 3 is 2.61 bits per heavy atom. The van der Waals surface area contributed by atoms with Crippen LogP contribution in [0.4, 0.5) is 0 Å². The Labute approximate surface area is 113 Å². The van der Waals surface area contributed by atoms with Crippen molar-refractivity contribution in [1.29, 1.82) is 0 Å². The van der Waals surface area contributed by atoms with Crippen LogP contribution in [0.1, 0.15) is 23.7 Å². The van der Waals surface area contributed by atoms with Gasteiger partial charge in [-0.1, -0.05) is 22.9 Å². The molecule has 0 aliphatic heterocycles. The highest BCUT2D eigenvalue weighted by molar-refractivity contribution is 9.10. The Hall–Kier alpha value is -1.56. The lowest BCUT2D eigenvalue weighted by Crippen LogP contribution is -2.32. The fourth-order valence-corrected chi connectivity index (χ4v) is 1.76. The largest absolute Gasteiger partial charge is 0.507 e. The van der Waals surface area contributed by atoms with Crippen molar-refractivity contribution in [2.24, 2.45) is 5.92 Å². The van der Waals surface area contributed by atoms with Crippen LogP contribution in [0.3, 0.4) is 0 Å². The van der Waals surface area contributed by atoms with Crippen molar-refractivity contribution in [1.82, 2.24) is 5.32 Å². The van der Waals surface area contributed by atoms with Crippen molar-refractivity contribution in [2.45, 2.75) is 13.3 Å². The SMILES string of the molecule is CCC(CNC(=O)c1ccc(Br)cc1O)C(=O)O. The summed E-state index contributed by atoms with van der Waals surface area (Å²) in [7, 11) is 0. The first-order valence-electron chi connectivity index (χ1n) is 5.45. The first-order chi connectivity index (χ1) is 8.45. The zero-order chi connectivity index (χ0) is 13.7. The maximum atomic E-state index is 11.7. The second-order valence-electron chi connectivity index (χ2n) is 3.81. The van der Waals surface area contributed by atoms with Crippen molar-refractivity contribution in [2.75, 3.05) is 6.54 Å². The summed E-state index contributed by atoms with van der Waals surface area (Å²) < 4.78 is 0.661. The molecule has 0 aliphatic rings. The minimum Gasteiger partial charge on any atom is -0.507 e. The van der Waals surface area contributed by atoms with Crippen LogP contribution in [0.25, 0.3) is 0 Å². The summed E-state index contributed by atoms with van der Waals surface area (Å²) in [5.41, 5.74) is 0.124. The fraction of sp³-hybridized carbons (Fsp3) is 0.333. The number of aromatic hydroxyl groups is 1. The van der Waals surface area contributed by atoms with Gasteiger partial charge in [0.25, 0.3) is 5.91 Å². The number of rotatable bonds is 5. The van der Waals surface area contributed by atoms with E-state index in [-0.39, 0.29) is 17.9 Å². The van der Waals surface area contributed by atoms with Gasteiger partial charge in [0.2, 0.25) is 0 Å². The molecule has 0 saturated carbocycles. The van der Waals surface area contributed by atoms with Gasteiger partial charge < -0.3 is 15.5 Å². The van der Waals surface area contributed by atoms with Gasteiger partial charge in [0.05, 0.1) is 11.5 Å². The third-order valence-corrected chi connectivity index (χ3v) is 3.05. The van der Waals surface area contributed by atoms with E-state index in [1.165, 1.54) is 12.1 Å². The number of hydrogen-bond acceptors (Lipinski definition) is 3. The minimum atomic E-state index is -0.946. The minimum absolute atomic E-state index is 0.0418. The van der Waals surface area contributed by atoms with Gasteiger partial charge in [-0.25, -0.2) is 0 Å². The van der Waals surface area contributed by atoms with E-state index in [0.29, 0.717) is 10.9 Å². The molecule has 3 N–H and O–H groups in total. The fourth-order valence-electron chi connectivity index (χ4n) is 1.41. The summed E-state index contributed by atoms with van der Waals surface area (Å²) in [6.07, 6.45) is 0.432. The summed E-state index contributed by atoms with van der Waals surface area (Å²) in [5.74, 6) is -2.20. The predicted molar refractivity (Wildman–Crippen MR) is 69.6 cm³/mol. The van der Waals surface area contributed by atoms with Crippen LogP contribution in [0.15, 0.2) is 22.7 Å². The van der Waals surface area contributed by atoms with Gasteiger partial charge in [-0.05, 0) is 24.6 Å². The second kappa shape index (κ2) is 6.39. The van der Waals surface area contributed by atoms with Crippen molar-refractivity contribution in [3.05, 3.63) is 28.2 Å². The molecule has 0 radical (unpaired) electrons. The van der Waals surface area contributed by atoms with Crippen LogP contribution < -0.4 is 5.32 Å². The molecule has 0 aromatic heterocycles. The van der Waals surface area contributed by atoms with E-state index >= 15 is 0 Å². The zero-order valence-corrected chi connectivity index (χ0v) is 11.4. The molecule has 1 unspecified atom stereocenters. The van der Waals surface area contributed by atoms with E-state index in [9.17, 15) is 14.7 Å². The lowest BCUT2D eigenvalue weighted by molar-refractivity contribution is -0.141. The molecule has 1 aromatic carbocycles. The maximum absolute atomic E-state index is 11.7. The van der Waals surface area contributed by atoms with Crippen LogP contribution in [-0.4, -0.2) is 28.6 Å². The van der Waals surface area contributed by atoms with E-state index in [4.69, 9.17) is 5.11 Å². The molecule has 1 aromatic rings. The Balaban J connectivity index is 2.68. The van der Waals surface area contributed by atoms with Crippen LogP contribution in [0, 0.1) is 5.92 Å². The molecule has 1 amide bonds. The summed E-state index contributed by atoms with van der Waals surface area (Å²) in [6.45, 7) is 1.78. The molecule has 18 heavy (non-hydrogen) atoms. The smallest absolute Gasteiger partial charge is 0.308 e. The van der Waals surface area contributed by atoms with Crippen LogP contribution in [0.2, 0.25) is 0 Å². The van der Waals surface area contributed by atoms with Gasteiger partial charge in [0, 0.05) is 11.0 Å². The van der Waals surface area contributed by atoms with Gasteiger partial charge >= 0.3 is 5.97 Å². The van der Waals surface area contributed by atoms with Crippen molar-refractivity contribution in [3.8, 4) is 5.75 Å². The van der Waals surface area contributed by atoms with Gasteiger partial charge in [0.1, 0.15) is 5.75 Å². The lowest BCUT2D eigenvalue weighted by Gasteiger charge is -2.11. The number of carbonyl (C=O) groups is 2. The monoisotopic (exact) mass is 315 g/mol. The van der Waals surface area contributed by atoms with E-state index < -0.39 is 17.8 Å². The van der Waals surface area contributed by atoms with Crippen molar-refractivity contribution < 1.29 is 19.8 Å². The molecule has 0 saturated heterocycles. The Morgan fingerprint density at radius 1 is 1.44 bits per heavy atom. The van der Waals surface area contributed by atoms with Crippen molar-refractivity contribution >= 4 is 27.8 Å². The molecular formula is C12H14BrNO4. The number of nitrogens with one attached hydrogen (secondary N) is 1. The number of amides is 1. The van der Waals surface area contributed by atoms with Crippen LogP contribution >= 0.6 is 15.9 Å². The Bertz CT molecular complexity index is 461. The molecule has 6 heteroatoms. The number of halogens is 1. The molecule has 0 bridgehead atoms. The average Bonchev–Trinajstić information content (AvgIpc) is 2.28. The predicted octanol–water partition coefficient (Wildman–Crippen LogP) is 2.00. The summed E-state index contributed by atoms with van der Waals surface area (Å²) in [4.78, 5) is 22.5. The lowest BCUT2D eigenvalue weighted by atomic mass is 10.1. The molecule has 1 atom stereocenters. The van der Waals surface area contributed by atoms with E-state index in [2.05, 4.69) is 21.2 Å². The molecule has 0 fully saturated rings. The molecule has 0 heterocycles. The third kappa shape index (κ3) is 3.73. The third-order valence-electron chi connectivity index (χ3n) is 2.56. The highest BCUT2D eigenvalue weighted by Crippen LogP contribution is 2.22. The van der Waals surface area contributed by atoms with Crippen molar-refractivity contribution in [3.63, 3.8) is 0 Å². The summed E-state index contributed by atoms with van der Waals surface area (Å²) in [6, 6.07) is 4.50. The molecular weight excluding hydrogens is 302 g/mol. The average molecular weight is 316 g/mol. The first-order valence-corrected chi connectivity index (χ1v) is 6.24. The molecule has 5 nitrogen and oxygen atoms in total. The molecule has 1 rings (SSSR count). The Kier molecular flexibility index (Phi) is 5.15. The standard InChI is InChI=1S/C12H14BrNO4/c1-2-7(12(17)18)6-14-11(16)9-4-3-8(13)5-10(9)15/h3-5,7,15H,2,6H2,1H3,(H,14,16)(H,17,18). The van der Waals surface area contributed by atoms with Crippen LogP contribution in [0.5, 0.6) is 5.75 Å². The number of hydrogen-bond donors (Lipinski definition) is 3. The number of carbonyl (C=O) groups excluding carboxylic acids is 1. The van der Waals surface area contributed by atoms with E-state index in [1.807, 2.05) is 0 Å².